The number of carbonyl (C=O) groups excluding carboxylic acids is 1. The molecule has 1 atom stereocenters. The third-order valence-electron chi connectivity index (χ3n) is 0.931. The van der Waals surface area contributed by atoms with Crippen molar-refractivity contribution in [3.8, 4) is 0 Å². The molecule has 0 unspecified atom stereocenters. The van der Waals surface area contributed by atoms with Crippen molar-refractivity contribution in [2.75, 3.05) is 6.61 Å². The number of rotatable bonds is 3. The lowest BCUT2D eigenvalue weighted by Gasteiger charge is -2.08. The molecule has 0 amide bonds. The highest BCUT2D eigenvalue weighted by molar-refractivity contribution is 5.85. The number of halogens is 1. The van der Waals surface area contributed by atoms with Gasteiger partial charge in [0.05, 0.1) is 6.61 Å². The van der Waals surface area contributed by atoms with Crippen molar-refractivity contribution in [3.63, 3.8) is 0 Å². The summed E-state index contributed by atoms with van der Waals surface area (Å²) in [6.07, 6.45) is 0. The zero-order valence-electron chi connectivity index (χ0n) is 7.16. The molecule has 0 saturated heterocycles. The highest BCUT2D eigenvalue weighted by Crippen LogP contribution is 1.93. The number of esters is 1. The third-order valence-corrected chi connectivity index (χ3v) is 0.931. The minimum Gasteiger partial charge on any atom is -0.464 e. The number of carbonyl (C=O) groups is 1. The summed E-state index contributed by atoms with van der Waals surface area (Å²) in [6.45, 7) is 6.03. The zero-order chi connectivity index (χ0) is 8.15. The summed E-state index contributed by atoms with van der Waals surface area (Å²) >= 11 is 0. The SMILES string of the molecule is CC(C)COC(=O)[C@H](C)N.Cl. The summed E-state index contributed by atoms with van der Waals surface area (Å²) in [5.74, 6) is 0.0522. The fourth-order valence-corrected chi connectivity index (χ4v) is 0.380. The van der Waals surface area contributed by atoms with Gasteiger partial charge in [0.25, 0.3) is 0 Å². The molecule has 2 N–H and O–H groups in total. The van der Waals surface area contributed by atoms with E-state index in [1.54, 1.807) is 6.92 Å². The van der Waals surface area contributed by atoms with Crippen molar-refractivity contribution < 1.29 is 9.53 Å². The van der Waals surface area contributed by atoms with Gasteiger partial charge >= 0.3 is 5.97 Å². The van der Waals surface area contributed by atoms with Crippen LogP contribution in [-0.4, -0.2) is 18.6 Å². The van der Waals surface area contributed by atoms with Gasteiger partial charge in [-0.15, -0.1) is 12.4 Å². The third kappa shape index (κ3) is 7.62. The van der Waals surface area contributed by atoms with Crippen molar-refractivity contribution in [1.29, 1.82) is 0 Å². The minimum atomic E-state index is -0.501. The average molecular weight is 182 g/mol. The maximum atomic E-state index is 10.7. The van der Waals surface area contributed by atoms with Crippen LogP contribution >= 0.6 is 12.4 Å². The molecule has 0 rings (SSSR count). The summed E-state index contributed by atoms with van der Waals surface area (Å²) < 4.78 is 4.80. The van der Waals surface area contributed by atoms with Crippen molar-refractivity contribution >= 4 is 18.4 Å². The molecule has 68 valence electrons. The van der Waals surface area contributed by atoms with Crippen molar-refractivity contribution in [3.05, 3.63) is 0 Å². The predicted molar refractivity (Wildman–Crippen MR) is 46.7 cm³/mol. The van der Waals surface area contributed by atoms with Crippen LogP contribution < -0.4 is 5.73 Å². The van der Waals surface area contributed by atoms with E-state index >= 15 is 0 Å². The standard InChI is InChI=1S/C7H15NO2.ClH/c1-5(2)4-10-7(9)6(3)8;/h5-6H,4,8H2,1-3H3;1H/t6-;/m0./s1. The smallest absolute Gasteiger partial charge is 0.322 e. The molecule has 0 spiro atoms. The molecule has 0 aromatic heterocycles. The second kappa shape index (κ2) is 6.43. The Balaban J connectivity index is 0. The molecule has 0 fully saturated rings. The molecule has 0 heterocycles. The van der Waals surface area contributed by atoms with Crippen LogP contribution in [0.15, 0.2) is 0 Å². The van der Waals surface area contributed by atoms with Crippen LogP contribution in [0.25, 0.3) is 0 Å². The van der Waals surface area contributed by atoms with Crippen molar-refractivity contribution in [2.24, 2.45) is 11.7 Å². The van der Waals surface area contributed by atoms with Gasteiger partial charge in [-0.05, 0) is 12.8 Å². The molecule has 0 bridgehead atoms. The lowest BCUT2D eigenvalue weighted by Crippen LogP contribution is -2.29. The van der Waals surface area contributed by atoms with Gasteiger partial charge in [-0.2, -0.15) is 0 Å². The van der Waals surface area contributed by atoms with Gasteiger partial charge in [-0.3, -0.25) is 4.79 Å². The Bertz CT molecular complexity index is 115. The van der Waals surface area contributed by atoms with E-state index in [9.17, 15) is 4.79 Å². The van der Waals surface area contributed by atoms with E-state index in [-0.39, 0.29) is 18.4 Å². The van der Waals surface area contributed by atoms with Crippen molar-refractivity contribution in [2.45, 2.75) is 26.8 Å². The van der Waals surface area contributed by atoms with Crippen LogP contribution in [0, 0.1) is 5.92 Å². The zero-order valence-corrected chi connectivity index (χ0v) is 7.98. The summed E-state index contributed by atoms with van der Waals surface area (Å²) in [6, 6.07) is -0.501. The van der Waals surface area contributed by atoms with Crippen LogP contribution in [0.2, 0.25) is 0 Å². The Hall–Kier alpha value is -0.280. The molecule has 0 aromatic carbocycles. The van der Waals surface area contributed by atoms with Gasteiger partial charge < -0.3 is 10.5 Å². The number of hydrogen-bond acceptors (Lipinski definition) is 3. The second-order valence-electron chi connectivity index (χ2n) is 2.81. The van der Waals surface area contributed by atoms with Crippen LogP contribution in [0.4, 0.5) is 0 Å². The first-order valence-corrected chi connectivity index (χ1v) is 3.46. The summed E-state index contributed by atoms with van der Waals surface area (Å²) in [5, 5.41) is 0. The first-order chi connectivity index (χ1) is 4.54. The Morgan fingerprint density at radius 2 is 1.91 bits per heavy atom. The molecule has 0 aliphatic carbocycles. The monoisotopic (exact) mass is 181 g/mol. The Labute approximate surface area is 73.7 Å². The molecule has 0 radical (unpaired) electrons. The van der Waals surface area contributed by atoms with Crippen molar-refractivity contribution in [1.82, 2.24) is 0 Å². The van der Waals surface area contributed by atoms with Crippen LogP contribution in [0.5, 0.6) is 0 Å². The number of ether oxygens (including phenoxy) is 1. The molecule has 0 saturated carbocycles. The highest BCUT2D eigenvalue weighted by atomic mass is 35.5. The molecule has 4 heteroatoms. The molecule has 3 nitrogen and oxygen atoms in total. The van der Waals surface area contributed by atoms with Crippen LogP contribution in [0.3, 0.4) is 0 Å². The van der Waals surface area contributed by atoms with Gasteiger partial charge in [0.2, 0.25) is 0 Å². The average Bonchev–Trinajstić information content (AvgIpc) is 1.82. The van der Waals surface area contributed by atoms with E-state index in [2.05, 4.69) is 0 Å². The van der Waals surface area contributed by atoms with E-state index in [1.807, 2.05) is 13.8 Å². The van der Waals surface area contributed by atoms with Gasteiger partial charge in [0, 0.05) is 0 Å². The first kappa shape index (κ1) is 13.3. The largest absolute Gasteiger partial charge is 0.464 e. The molecule has 0 aliphatic rings. The Morgan fingerprint density at radius 1 is 1.45 bits per heavy atom. The molecule has 0 aromatic rings. The lowest BCUT2D eigenvalue weighted by molar-refractivity contribution is -0.145. The second-order valence-corrected chi connectivity index (χ2v) is 2.81. The minimum absolute atomic E-state index is 0. The predicted octanol–water partition coefficient (Wildman–Crippen LogP) is 0.955. The molecular formula is C7H16ClNO2. The van der Waals surface area contributed by atoms with E-state index < -0.39 is 6.04 Å². The normalized spacial score (nSPS) is 12.1. The maximum Gasteiger partial charge on any atom is 0.322 e. The fraction of sp³-hybridized carbons (Fsp3) is 0.857. The van der Waals surface area contributed by atoms with E-state index in [4.69, 9.17) is 10.5 Å². The van der Waals surface area contributed by atoms with E-state index in [0.717, 1.165) is 0 Å². The lowest BCUT2D eigenvalue weighted by atomic mass is 10.2. The number of hydrogen-bond donors (Lipinski definition) is 1. The van der Waals surface area contributed by atoms with Gasteiger partial charge in [-0.25, -0.2) is 0 Å². The van der Waals surface area contributed by atoms with Gasteiger partial charge in [0.1, 0.15) is 6.04 Å². The Kier molecular flexibility index (Phi) is 7.79. The van der Waals surface area contributed by atoms with Crippen LogP contribution in [-0.2, 0) is 9.53 Å². The Morgan fingerprint density at radius 3 is 2.18 bits per heavy atom. The van der Waals surface area contributed by atoms with Crippen LogP contribution in [0.1, 0.15) is 20.8 Å². The van der Waals surface area contributed by atoms with Gasteiger partial charge in [-0.1, -0.05) is 13.8 Å². The fourth-order valence-electron chi connectivity index (χ4n) is 0.380. The molecule has 0 aliphatic heterocycles. The summed E-state index contributed by atoms with van der Waals surface area (Å²) in [4.78, 5) is 10.7. The summed E-state index contributed by atoms with van der Waals surface area (Å²) in [7, 11) is 0. The van der Waals surface area contributed by atoms with E-state index in [1.165, 1.54) is 0 Å². The molecular weight excluding hydrogens is 166 g/mol. The maximum absolute atomic E-state index is 10.7. The quantitative estimate of drug-likeness (QED) is 0.660. The topological polar surface area (TPSA) is 52.3 Å². The summed E-state index contributed by atoms with van der Waals surface area (Å²) in [5.41, 5.74) is 5.25. The van der Waals surface area contributed by atoms with Gasteiger partial charge in [0.15, 0.2) is 0 Å². The molecule has 11 heavy (non-hydrogen) atoms. The number of nitrogens with two attached hydrogens (primary N) is 1. The highest BCUT2D eigenvalue weighted by Gasteiger charge is 2.08. The first-order valence-electron chi connectivity index (χ1n) is 3.46. The van der Waals surface area contributed by atoms with E-state index in [0.29, 0.717) is 12.5 Å².